The third kappa shape index (κ3) is 5.50. The molecule has 0 aromatic rings. The molecule has 0 amide bonds. The standard InChI is InChI=1S/C9H11F3O2/c1-3-7(13)4-8(14)6(2)5-9(10,11)12/h2-5H2,1H3. The van der Waals surface area contributed by atoms with E-state index in [2.05, 4.69) is 6.58 Å². The fourth-order valence-electron chi connectivity index (χ4n) is 0.770. The topological polar surface area (TPSA) is 34.1 Å². The Balaban J connectivity index is 4.15. The summed E-state index contributed by atoms with van der Waals surface area (Å²) in [5, 5.41) is 0. The Morgan fingerprint density at radius 3 is 2.14 bits per heavy atom. The van der Waals surface area contributed by atoms with E-state index in [1.54, 1.807) is 6.92 Å². The summed E-state index contributed by atoms with van der Waals surface area (Å²) in [7, 11) is 0. The first-order valence-electron chi connectivity index (χ1n) is 4.05. The van der Waals surface area contributed by atoms with E-state index in [1.165, 1.54) is 0 Å². The highest BCUT2D eigenvalue weighted by Gasteiger charge is 2.30. The zero-order chi connectivity index (χ0) is 11.4. The van der Waals surface area contributed by atoms with Gasteiger partial charge in [0.2, 0.25) is 0 Å². The average molecular weight is 208 g/mol. The molecule has 0 bridgehead atoms. The van der Waals surface area contributed by atoms with Crippen LogP contribution in [-0.4, -0.2) is 17.7 Å². The van der Waals surface area contributed by atoms with E-state index < -0.39 is 30.4 Å². The van der Waals surface area contributed by atoms with Crippen LogP contribution in [0.1, 0.15) is 26.2 Å². The van der Waals surface area contributed by atoms with Gasteiger partial charge in [-0.25, -0.2) is 0 Å². The van der Waals surface area contributed by atoms with Gasteiger partial charge in [-0.15, -0.1) is 0 Å². The molecule has 5 heteroatoms. The van der Waals surface area contributed by atoms with Crippen molar-refractivity contribution in [2.75, 3.05) is 0 Å². The second-order valence-corrected chi connectivity index (χ2v) is 2.89. The van der Waals surface area contributed by atoms with Crippen LogP contribution in [0.25, 0.3) is 0 Å². The van der Waals surface area contributed by atoms with Gasteiger partial charge in [0.15, 0.2) is 5.78 Å². The molecule has 0 heterocycles. The van der Waals surface area contributed by atoms with Crippen LogP contribution < -0.4 is 0 Å². The molecule has 0 aliphatic heterocycles. The molecule has 0 atom stereocenters. The Hall–Kier alpha value is -1.13. The van der Waals surface area contributed by atoms with Crippen LogP contribution in [0.4, 0.5) is 13.2 Å². The van der Waals surface area contributed by atoms with Crippen molar-refractivity contribution < 1.29 is 22.8 Å². The maximum atomic E-state index is 11.8. The number of carbonyl (C=O) groups excluding carboxylic acids is 2. The molecule has 0 aromatic heterocycles. The first-order valence-corrected chi connectivity index (χ1v) is 4.05. The lowest BCUT2D eigenvalue weighted by Gasteiger charge is -2.07. The largest absolute Gasteiger partial charge is 0.393 e. The SMILES string of the molecule is C=C(CC(F)(F)F)C(=O)CC(=O)CC. The summed E-state index contributed by atoms with van der Waals surface area (Å²) < 4.78 is 35.4. The second kappa shape index (κ2) is 4.93. The highest BCUT2D eigenvalue weighted by molar-refractivity contribution is 6.07. The number of hydrogen-bond donors (Lipinski definition) is 0. The van der Waals surface area contributed by atoms with Crippen LogP contribution in [0, 0.1) is 0 Å². The number of allylic oxidation sites excluding steroid dienone is 1. The number of halogens is 3. The minimum Gasteiger partial charge on any atom is -0.299 e. The minimum atomic E-state index is -4.44. The number of alkyl halides is 3. The van der Waals surface area contributed by atoms with Crippen LogP contribution in [0.3, 0.4) is 0 Å². The molecule has 0 N–H and O–H groups in total. The highest BCUT2D eigenvalue weighted by Crippen LogP contribution is 2.24. The van der Waals surface area contributed by atoms with E-state index in [1.807, 2.05) is 0 Å². The number of rotatable bonds is 5. The number of carbonyl (C=O) groups is 2. The Labute approximate surface area is 79.8 Å². The Kier molecular flexibility index (Phi) is 4.53. The molecule has 0 spiro atoms. The summed E-state index contributed by atoms with van der Waals surface area (Å²) in [6.07, 6.45) is -6.12. The zero-order valence-electron chi connectivity index (χ0n) is 7.78. The van der Waals surface area contributed by atoms with E-state index in [0.29, 0.717) is 0 Å². The van der Waals surface area contributed by atoms with E-state index in [9.17, 15) is 22.8 Å². The van der Waals surface area contributed by atoms with E-state index in [-0.39, 0.29) is 12.2 Å². The second-order valence-electron chi connectivity index (χ2n) is 2.89. The highest BCUT2D eigenvalue weighted by atomic mass is 19.4. The van der Waals surface area contributed by atoms with E-state index >= 15 is 0 Å². The Morgan fingerprint density at radius 2 is 1.79 bits per heavy atom. The van der Waals surface area contributed by atoms with Gasteiger partial charge in [-0.3, -0.25) is 9.59 Å². The summed E-state index contributed by atoms with van der Waals surface area (Å²) in [6, 6.07) is 0. The predicted octanol–water partition coefficient (Wildman–Crippen LogP) is 2.43. The van der Waals surface area contributed by atoms with E-state index in [0.717, 1.165) is 0 Å². The van der Waals surface area contributed by atoms with Crippen LogP contribution in [0.5, 0.6) is 0 Å². The Morgan fingerprint density at radius 1 is 1.29 bits per heavy atom. The molecular weight excluding hydrogens is 197 g/mol. The number of ketones is 2. The van der Waals surface area contributed by atoms with Crippen LogP contribution in [-0.2, 0) is 9.59 Å². The van der Waals surface area contributed by atoms with Crippen molar-refractivity contribution in [2.45, 2.75) is 32.4 Å². The van der Waals surface area contributed by atoms with Gasteiger partial charge >= 0.3 is 6.18 Å². The van der Waals surface area contributed by atoms with E-state index in [4.69, 9.17) is 0 Å². The monoisotopic (exact) mass is 208 g/mol. The first-order chi connectivity index (χ1) is 6.26. The van der Waals surface area contributed by atoms with Gasteiger partial charge in [-0.1, -0.05) is 13.5 Å². The number of hydrogen-bond acceptors (Lipinski definition) is 2. The smallest absolute Gasteiger partial charge is 0.299 e. The lowest BCUT2D eigenvalue weighted by atomic mass is 10.0. The first kappa shape index (κ1) is 12.9. The average Bonchev–Trinajstić information content (AvgIpc) is 2.00. The van der Waals surface area contributed by atoms with Crippen molar-refractivity contribution in [3.8, 4) is 0 Å². The van der Waals surface area contributed by atoms with Gasteiger partial charge in [0, 0.05) is 6.42 Å². The van der Waals surface area contributed by atoms with Gasteiger partial charge in [0.25, 0.3) is 0 Å². The molecule has 0 saturated heterocycles. The molecular formula is C9H11F3O2. The van der Waals surface area contributed by atoms with Crippen LogP contribution in [0.2, 0.25) is 0 Å². The fraction of sp³-hybridized carbons (Fsp3) is 0.556. The molecule has 0 fully saturated rings. The molecule has 0 radical (unpaired) electrons. The fourth-order valence-corrected chi connectivity index (χ4v) is 0.770. The quantitative estimate of drug-likeness (QED) is 0.513. The molecule has 0 aliphatic rings. The van der Waals surface area contributed by atoms with Gasteiger partial charge in [-0.05, 0) is 5.57 Å². The van der Waals surface area contributed by atoms with Gasteiger partial charge in [0.1, 0.15) is 5.78 Å². The molecule has 2 nitrogen and oxygen atoms in total. The summed E-state index contributed by atoms with van der Waals surface area (Å²) in [4.78, 5) is 21.7. The summed E-state index contributed by atoms with van der Waals surface area (Å²) in [5.74, 6) is -1.20. The molecule has 14 heavy (non-hydrogen) atoms. The Bertz CT molecular complexity index is 253. The molecule has 0 aliphatic carbocycles. The van der Waals surface area contributed by atoms with Crippen molar-refractivity contribution in [1.82, 2.24) is 0 Å². The third-order valence-corrected chi connectivity index (χ3v) is 1.56. The van der Waals surface area contributed by atoms with Crippen molar-refractivity contribution in [3.63, 3.8) is 0 Å². The molecule has 0 saturated carbocycles. The number of Topliss-reactive ketones (excluding diaryl/α,β-unsaturated/α-hetero) is 2. The van der Waals surface area contributed by atoms with Crippen molar-refractivity contribution in [1.29, 1.82) is 0 Å². The van der Waals surface area contributed by atoms with Gasteiger partial charge in [-0.2, -0.15) is 13.2 Å². The zero-order valence-corrected chi connectivity index (χ0v) is 7.78. The maximum Gasteiger partial charge on any atom is 0.393 e. The molecule has 0 rings (SSSR count). The molecule has 80 valence electrons. The third-order valence-electron chi connectivity index (χ3n) is 1.56. The summed E-state index contributed by atoms with van der Waals surface area (Å²) in [6.45, 7) is 4.55. The van der Waals surface area contributed by atoms with Crippen molar-refractivity contribution in [3.05, 3.63) is 12.2 Å². The minimum absolute atomic E-state index is 0.144. The van der Waals surface area contributed by atoms with Crippen molar-refractivity contribution >= 4 is 11.6 Å². The predicted molar refractivity (Wildman–Crippen MR) is 44.7 cm³/mol. The van der Waals surface area contributed by atoms with Gasteiger partial charge < -0.3 is 0 Å². The lowest BCUT2D eigenvalue weighted by Crippen LogP contribution is -2.15. The molecule has 0 unspecified atom stereocenters. The van der Waals surface area contributed by atoms with Gasteiger partial charge in [0.05, 0.1) is 12.8 Å². The molecule has 0 aromatic carbocycles. The van der Waals surface area contributed by atoms with Crippen molar-refractivity contribution in [2.24, 2.45) is 0 Å². The maximum absolute atomic E-state index is 11.8. The normalized spacial score (nSPS) is 11.1. The van der Waals surface area contributed by atoms with Crippen LogP contribution >= 0.6 is 0 Å². The van der Waals surface area contributed by atoms with Crippen LogP contribution in [0.15, 0.2) is 12.2 Å². The lowest BCUT2D eigenvalue weighted by molar-refractivity contribution is -0.135. The summed E-state index contributed by atoms with van der Waals surface area (Å²) in [5.41, 5.74) is -0.556. The summed E-state index contributed by atoms with van der Waals surface area (Å²) >= 11 is 0.